The van der Waals surface area contributed by atoms with E-state index in [-0.39, 0.29) is 18.7 Å². The van der Waals surface area contributed by atoms with Crippen molar-refractivity contribution < 1.29 is 9.53 Å². The van der Waals surface area contributed by atoms with E-state index in [2.05, 4.69) is 36.1 Å². The highest BCUT2D eigenvalue weighted by Gasteiger charge is 2.34. The predicted molar refractivity (Wildman–Crippen MR) is 107 cm³/mol. The van der Waals surface area contributed by atoms with Crippen LogP contribution in [-0.4, -0.2) is 24.7 Å². The third kappa shape index (κ3) is 6.26. The van der Waals surface area contributed by atoms with Gasteiger partial charge in [-0.25, -0.2) is 0 Å². The molecular weight excluding hydrogens is 340 g/mol. The van der Waals surface area contributed by atoms with Gasteiger partial charge in [-0.1, -0.05) is 62.6 Å². The van der Waals surface area contributed by atoms with Crippen molar-refractivity contribution in [2.45, 2.75) is 65.1 Å². The normalized spacial score (nSPS) is 24.7. The summed E-state index contributed by atoms with van der Waals surface area (Å²) in [6.07, 6.45) is 3.04. The average molecular weight is 373 g/mol. The lowest BCUT2D eigenvalue weighted by molar-refractivity contribution is -0.157. The van der Waals surface area contributed by atoms with E-state index in [0.29, 0.717) is 17.8 Å². The number of ether oxygens (including phenoxy) is 1. The largest absolute Gasteiger partial charge is 0.462 e. The molecule has 1 aromatic carbocycles. The molecule has 1 aliphatic rings. The van der Waals surface area contributed by atoms with Crippen LogP contribution in [0.2, 0.25) is 0 Å². The van der Waals surface area contributed by atoms with E-state index >= 15 is 0 Å². The molecule has 0 spiro atoms. The van der Waals surface area contributed by atoms with Gasteiger partial charge in [0.15, 0.2) is 0 Å². The van der Waals surface area contributed by atoms with Gasteiger partial charge >= 0.3 is 5.97 Å². The summed E-state index contributed by atoms with van der Waals surface area (Å²) >= 11 is 0. The number of benzene rings is 1. The number of nitrogens with one attached hydrogen (secondary N) is 1. The maximum Gasteiger partial charge on any atom is 0.316 e. The van der Waals surface area contributed by atoms with Crippen molar-refractivity contribution in [2.24, 2.45) is 22.9 Å². The zero-order valence-electron chi connectivity index (χ0n) is 16.8. The Morgan fingerprint density at radius 2 is 2.00 bits per heavy atom. The van der Waals surface area contributed by atoms with Crippen LogP contribution in [0.3, 0.4) is 0 Å². The first-order valence-electron chi connectivity index (χ1n) is 9.95. The topological polar surface area (TPSA) is 87.1 Å². The molecule has 0 bridgehead atoms. The molecule has 148 valence electrons. The molecular formula is C21H32N4O2. The highest BCUT2D eigenvalue weighted by molar-refractivity contribution is 5.76. The molecule has 6 nitrogen and oxygen atoms in total. The van der Waals surface area contributed by atoms with E-state index in [4.69, 9.17) is 10.3 Å². The predicted octanol–water partition coefficient (Wildman–Crippen LogP) is 5.02. The molecule has 1 fully saturated rings. The Hall–Kier alpha value is -2.04. The summed E-state index contributed by atoms with van der Waals surface area (Å²) in [7, 11) is 0. The molecule has 0 aliphatic heterocycles. The van der Waals surface area contributed by atoms with Gasteiger partial charge in [0.1, 0.15) is 12.1 Å². The van der Waals surface area contributed by atoms with Gasteiger partial charge in [0.2, 0.25) is 0 Å². The maximum atomic E-state index is 12.7. The van der Waals surface area contributed by atoms with Gasteiger partial charge in [-0.2, -0.15) is 0 Å². The highest BCUT2D eigenvalue weighted by atomic mass is 16.5. The number of nitrogens with zero attached hydrogens (tertiary/aromatic N) is 3. The van der Waals surface area contributed by atoms with Crippen molar-refractivity contribution in [3.05, 3.63) is 46.3 Å². The molecule has 1 aliphatic carbocycles. The third-order valence-electron chi connectivity index (χ3n) is 5.61. The molecule has 1 aromatic rings. The second-order valence-electron chi connectivity index (χ2n) is 8.06. The lowest BCUT2D eigenvalue weighted by Crippen LogP contribution is -2.41. The Labute approximate surface area is 162 Å². The van der Waals surface area contributed by atoms with Crippen LogP contribution in [-0.2, 0) is 9.53 Å². The van der Waals surface area contributed by atoms with Crippen molar-refractivity contribution in [1.82, 2.24) is 5.32 Å². The van der Waals surface area contributed by atoms with Crippen LogP contribution < -0.4 is 5.32 Å². The van der Waals surface area contributed by atoms with Crippen molar-refractivity contribution >= 4 is 5.97 Å². The monoisotopic (exact) mass is 372 g/mol. The van der Waals surface area contributed by atoms with E-state index in [0.717, 1.165) is 18.4 Å². The first-order valence-corrected chi connectivity index (χ1v) is 9.95. The van der Waals surface area contributed by atoms with Crippen LogP contribution in [0.25, 0.3) is 10.4 Å². The van der Waals surface area contributed by atoms with E-state index in [1.807, 2.05) is 37.3 Å². The van der Waals surface area contributed by atoms with Gasteiger partial charge in [-0.3, -0.25) is 4.79 Å². The fraction of sp³-hybridized carbons (Fsp3) is 0.667. The van der Waals surface area contributed by atoms with E-state index in [9.17, 15) is 4.79 Å². The van der Waals surface area contributed by atoms with Crippen molar-refractivity contribution in [3.8, 4) is 0 Å². The molecule has 0 radical (unpaired) electrons. The first-order chi connectivity index (χ1) is 12.9. The van der Waals surface area contributed by atoms with Gasteiger partial charge < -0.3 is 10.1 Å². The lowest BCUT2D eigenvalue weighted by atomic mass is 9.75. The van der Waals surface area contributed by atoms with Crippen LogP contribution in [0.15, 0.2) is 35.4 Å². The molecule has 0 unspecified atom stereocenters. The fourth-order valence-corrected chi connectivity index (χ4v) is 3.86. The molecule has 2 rings (SSSR count). The van der Waals surface area contributed by atoms with Gasteiger partial charge in [0, 0.05) is 17.5 Å². The first kappa shape index (κ1) is 21.3. The van der Waals surface area contributed by atoms with Gasteiger partial charge in [0.05, 0.1) is 0 Å². The minimum absolute atomic E-state index is 0.0495. The molecule has 6 heteroatoms. The summed E-state index contributed by atoms with van der Waals surface area (Å²) in [5.41, 5.74) is 10.00. The summed E-state index contributed by atoms with van der Waals surface area (Å²) in [6.45, 7) is 8.83. The Bertz CT molecular complexity index is 643. The van der Waals surface area contributed by atoms with Crippen LogP contribution in [0.1, 0.15) is 58.6 Å². The number of azide groups is 1. The smallest absolute Gasteiger partial charge is 0.316 e. The summed E-state index contributed by atoms with van der Waals surface area (Å²) in [4.78, 5) is 15.6. The van der Waals surface area contributed by atoms with Gasteiger partial charge in [0.25, 0.3) is 0 Å². The molecule has 27 heavy (non-hydrogen) atoms. The van der Waals surface area contributed by atoms with Gasteiger partial charge in [-0.05, 0) is 48.6 Å². The summed E-state index contributed by atoms with van der Waals surface area (Å²) < 4.78 is 5.84. The molecule has 0 amide bonds. The highest BCUT2D eigenvalue weighted by Crippen LogP contribution is 2.35. The SMILES string of the molecule is CC(C)[C@@H]1CC[C@@H](C)C[C@H]1OC(=O)[C@H](CN[C@H](C)c1ccccc1)N=[N+]=[N-]. The molecule has 1 saturated carbocycles. The Kier molecular flexibility index (Phi) is 8.14. The number of esters is 1. The van der Waals surface area contributed by atoms with Gasteiger partial charge in [-0.15, -0.1) is 0 Å². The van der Waals surface area contributed by atoms with Crippen molar-refractivity contribution in [3.63, 3.8) is 0 Å². The average Bonchev–Trinajstić information content (AvgIpc) is 2.65. The molecule has 5 atom stereocenters. The van der Waals surface area contributed by atoms with Crippen molar-refractivity contribution in [1.29, 1.82) is 0 Å². The minimum Gasteiger partial charge on any atom is -0.462 e. The van der Waals surface area contributed by atoms with E-state index < -0.39 is 12.0 Å². The van der Waals surface area contributed by atoms with Crippen molar-refractivity contribution in [2.75, 3.05) is 6.54 Å². The standard InChI is InChI=1S/C21H32N4O2/c1-14(2)18-11-10-15(3)12-20(18)27-21(26)19(24-25-22)13-23-16(4)17-8-6-5-7-9-17/h5-9,14-16,18-20,23H,10-13H2,1-4H3/t15-,16-,18+,19+,20-/m1/s1. The molecule has 1 N–H and O–H groups in total. The zero-order valence-corrected chi connectivity index (χ0v) is 16.8. The Morgan fingerprint density at radius 1 is 1.30 bits per heavy atom. The maximum absolute atomic E-state index is 12.7. The molecule has 0 aromatic heterocycles. The summed E-state index contributed by atoms with van der Waals surface area (Å²) in [5.74, 6) is 0.953. The number of hydrogen-bond donors (Lipinski definition) is 1. The number of rotatable bonds is 8. The van der Waals surface area contributed by atoms with E-state index in [1.165, 1.54) is 6.42 Å². The van der Waals surface area contributed by atoms with Crippen LogP contribution in [0, 0.1) is 17.8 Å². The Balaban J connectivity index is 1.98. The van der Waals surface area contributed by atoms with E-state index in [1.54, 1.807) is 0 Å². The molecule has 0 heterocycles. The lowest BCUT2D eigenvalue weighted by Gasteiger charge is -2.37. The van der Waals surface area contributed by atoms with Crippen LogP contribution >= 0.6 is 0 Å². The van der Waals surface area contributed by atoms with Crippen LogP contribution in [0.4, 0.5) is 0 Å². The number of hydrogen-bond acceptors (Lipinski definition) is 4. The number of carbonyl (C=O) groups is 1. The summed E-state index contributed by atoms with van der Waals surface area (Å²) in [6, 6.07) is 9.16. The molecule has 0 saturated heterocycles. The second-order valence-corrected chi connectivity index (χ2v) is 8.06. The fourth-order valence-electron chi connectivity index (χ4n) is 3.86. The quantitative estimate of drug-likeness (QED) is 0.301. The Morgan fingerprint density at radius 3 is 2.63 bits per heavy atom. The van der Waals surface area contributed by atoms with Crippen LogP contribution in [0.5, 0.6) is 0 Å². The third-order valence-corrected chi connectivity index (χ3v) is 5.61. The number of carbonyl (C=O) groups excluding carboxylic acids is 1. The second kappa shape index (κ2) is 10.3. The minimum atomic E-state index is -0.855. The summed E-state index contributed by atoms with van der Waals surface area (Å²) in [5, 5.41) is 6.97. The zero-order chi connectivity index (χ0) is 19.8.